The van der Waals surface area contributed by atoms with Crippen LogP contribution in [0.15, 0.2) is 12.4 Å². The first kappa shape index (κ1) is 17.4. The van der Waals surface area contributed by atoms with Crippen LogP contribution >= 0.6 is 0 Å². The summed E-state index contributed by atoms with van der Waals surface area (Å²) in [5.41, 5.74) is 1.36. The van der Waals surface area contributed by atoms with Crippen molar-refractivity contribution in [3.63, 3.8) is 0 Å². The zero-order valence-electron chi connectivity index (χ0n) is 15.2. The fourth-order valence-corrected chi connectivity index (χ4v) is 3.08. The van der Waals surface area contributed by atoms with Gasteiger partial charge in [-0.05, 0) is 13.8 Å². The van der Waals surface area contributed by atoms with E-state index in [0.29, 0.717) is 23.1 Å². The maximum absolute atomic E-state index is 12.8. The monoisotopic (exact) mass is 373 g/mol. The number of ether oxygens (including phenoxy) is 1. The van der Waals surface area contributed by atoms with Crippen molar-refractivity contribution in [3.8, 4) is 6.01 Å². The molecule has 1 aliphatic heterocycles. The van der Waals surface area contributed by atoms with Gasteiger partial charge in [0.25, 0.3) is 0 Å². The third kappa shape index (κ3) is 3.34. The van der Waals surface area contributed by atoms with Crippen molar-refractivity contribution in [3.05, 3.63) is 23.9 Å². The van der Waals surface area contributed by atoms with Crippen LogP contribution in [-0.2, 0) is 4.79 Å². The van der Waals surface area contributed by atoms with Crippen LogP contribution < -0.4 is 20.3 Å². The summed E-state index contributed by atoms with van der Waals surface area (Å²) < 4.78 is 18.4. The predicted molar refractivity (Wildman–Crippen MR) is 96.3 cm³/mol. The van der Waals surface area contributed by atoms with Crippen molar-refractivity contribution in [2.75, 3.05) is 22.6 Å². The number of hydrogen-bond donors (Lipinski definition) is 2. The van der Waals surface area contributed by atoms with E-state index >= 15 is 0 Å². The number of carbonyl (C=O) groups excluding carboxylic acids is 1. The first-order chi connectivity index (χ1) is 12.9. The van der Waals surface area contributed by atoms with Gasteiger partial charge in [-0.1, -0.05) is 0 Å². The normalized spacial score (nSPS) is 23.9. The third-order valence-corrected chi connectivity index (χ3v) is 4.91. The molecule has 1 fully saturated rings. The minimum atomic E-state index is -0.495. The molecule has 0 saturated heterocycles. The van der Waals surface area contributed by atoms with Crippen LogP contribution in [0.3, 0.4) is 0 Å². The summed E-state index contributed by atoms with van der Waals surface area (Å²) in [6.07, 6.45) is 3.61. The molecule has 0 aromatic carbocycles. The molecule has 9 nitrogen and oxygen atoms in total. The Morgan fingerprint density at radius 1 is 1.30 bits per heavy atom. The number of aryl methyl sites for hydroxylation is 1. The molecule has 1 amide bonds. The molecule has 10 heteroatoms. The minimum Gasteiger partial charge on any atom is -0.460 e. The number of anilines is 3. The molecule has 0 radical (unpaired) electrons. The van der Waals surface area contributed by atoms with Crippen molar-refractivity contribution >= 4 is 23.4 Å². The first-order valence-electron chi connectivity index (χ1n) is 8.74. The number of likely N-dealkylation sites (N-methyl/N-ethyl adjacent to an activating group) is 1. The van der Waals surface area contributed by atoms with E-state index in [9.17, 15) is 9.18 Å². The second-order valence-corrected chi connectivity index (χ2v) is 6.84. The van der Waals surface area contributed by atoms with E-state index in [2.05, 4.69) is 30.6 Å². The number of nitrogens with one attached hydrogen (secondary N) is 2. The number of rotatable bonds is 4. The molecule has 0 bridgehead atoms. The van der Waals surface area contributed by atoms with Gasteiger partial charge in [-0.3, -0.25) is 4.79 Å². The van der Waals surface area contributed by atoms with Gasteiger partial charge in [0.05, 0.1) is 18.1 Å². The lowest BCUT2D eigenvalue weighted by molar-refractivity contribution is -0.117. The largest absolute Gasteiger partial charge is 0.460 e. The average molecular weight is 373 g/mol. The highest BCUT2D eigenvalue weighted by atomic mass is 19.1. The molecule has 3 heterocycles. The molecule has 2 aliphatic rings. The Kier molecular flexibility index (Phi) is 4.25. The summed E-state index contributed by atoms with van der Waals surface area (Å²) in [6, 6.07) is 0.0396. The van der Waals surface area contributed by atoms with Crippen LogP contribution in [0.4, 0.5) is 21.8 Å². The maximum Gasteiger partial charge on any atom is 0.316 e. The highest BCUT2D eigenvalue weighted by Crippen LogP contribution is 2.33. The molecule has 2 N–H and O–H groups in total. The van der Waals surface area contributed by atoms with Crippen LogP contribution in [0, 0.1) is 12.7 Å². The smallest absolute Gasteiger partial charge is 0.316 e. The van der Waals surface area contributed by atoms with E-state index < -0.39 is 5.82 Å². The molecule has 1 aliphatic carbocycles. The molecule has 0 unspecified atom stereocenters. The van der Waals surface area contributed by atoms with E-state index in [1.165, 1.54) is 0 Å². The zero-order chi connectivity index (χ0) is 19.1. The Bertz CT molecular complexity index is 870. The standard InChI is InChI=1S/C17H20FN7O2/c1-8-13-14(25(3)9(2)15(26)23-13)24-16(21-8)22-11-4-12(5-11)27-17-19-6-10(18)7-20-17/h6-7,9,11-12H,4-5H2,1-3H3,(H,23,26)(H,21,22,24)/t9-,11-,12-/m0/s1. The Hall–Kier alpha value is -3.04. The Morgan fingerprint density at radius 2 is 2.00 bits per heavy atom. The molecule has 4 rings (SSSR count). The van der Waals surface area contributed by atoms with Crippen molar-refractivity contribution in [2.45, 2.75) is 44.9 Å². The Morgan fingerprint density at radius 3 is 2.70 bits per heavy atom. The number of aromatic nitrogens is 4. The number of halogens is 1. The number of carbonyl (C=O) groups is 1. The molecule has 142 valence electrons. The van der Waals surface area contributed by atoms with Gasteiger partial charge in [0.1, 0.15) is 17.8 Å². The topological polar surface area (TPSA) is 105 Å². The van der Waals surface area contributed by atoms with Crippen LogP contribution in [-0.4, -0.2) is 51.1 Å². The van der Waals surface area contributed by atoms with Crippen LogP contribution in [0.1, 0.15) is 25.5 Å². The average Bonchev–Trinajstić information content (AvgIpc) is 2.61. The number of fused-ring (bicyclic) bond motifs is 1. The number of hydrogen-bond acceptors (Lipinski definition) is 8. The molecular formula is C17H20FN7O2. The summed E-state index contributed by atoms with van der Waals surface area (Å²) in [5.74, 6) is 0.650. The lowest BCUT2D eigenvalue weighted by atomic mass is 9.89. The van der Waals surface area contributed by atoms with Gasteiger partial charge in [0.15, 0.2) is 11.6 Å². The van der Waals surface area contributed by atoms with Gasteiger partial charge in [-0.25, -0.2) is 19.3 Å². The summed E-state index contributed by atoms with van der Waals surface area (Å²) in [4.78, 5) is 30.4. The zero-order valence-corrected chi connectivity index (χ0v) is 15.2. The third-order valence-electron chi connectivity index (χ3n) is 4.91. The molecule has 2 aromatic heterocycles. The van der Waals surface area contributed by atoms with Crippen LogP contribution in [0.2, 0.25) is 0 Å². The van der Waals surface area contributed by atoms with E-state index in [4.69, 9.17) is 4.74 Å². The highest BCUT2D eigenvalue weighted by Gasteiger charge is 2.34. The summed E-state index contributed by atoms with van der Waals surface area (Å²) in [5, 5.41) is 6.16. The van der Waals surface area contributed by atoms with E-state index in [1.54, 1.807) is 0 Å². The maximum atomic E-state index is 12.8. The van der Waals surface area contributed by atoms with Gasteiger partial charge in [-0.2, -0.15) is 4.98 Å². The number of nitrogens with zero attached hydrogens (tertiary/aromatic N) is 5. The lowest BCUT2D eigenvalue weighted by Gasteiger charge is -2.36. The Balaban J connectivity index is 1.39. The van der Waals surface area contributed by atoms with Gasteiger partial charge in [0, 0.05) is 25.9 Å². The van der Waals surface area contributed by atoms with Gasteiger partial charge in [-0.15, -0.1) is 0 Å². The fraction of sp³-hybridized carbons (Fsp3) is 0.471. The molecule has 2 aromatic rings. The highest BCUT2D eigenvalue weighted by molar-refractivity contribution is 6.03. The van der Waals surface area contributed by atoms with E-state index in [0.717, 1.165) is 25.2 Å². The van der Waals surface area contributed by atoms with Crippen molar-refractivity contribution < 1.29 is 13.9 Å². The van der Waals surface area contributed by atoms with Gasteiger partial charge >= 0.3 is 6.01 Å². The van der Waals surface area contributed by atoms with Crippen LogP contribution in [0.5, 0.6) is 6.01 Å². The summed E-state index contributed by atoms with van der Waals surface area (Å²) in [7, 11) is 1.84. The lowest BCUT2D eigenvalue weighted by Crippen LogP contribution is -2.45. The number of amides is 1. The second kappa shape index (κ2) is 6.60. The Labute approximate surface area is 155 Å². The summed E-state index contributed by atoms with van der Waals surface area (Å²) >= 11 is 0. The van der Waals surface area contributed by atoms with E-state index in [-0.39, 0.29) is 30.1 Å². The minimum absolute atomic E-state index is 0.0336. The molecule has 1 atom stereocenters. The molecule has 0 spiro atoms. The van der Waals surface area contributed by atoms with Crippen molar-refractivity contribution in [1.29, 1.82) is 0 Å². The quantitative estimate of drug-likeness (QED) is 0.831. The molecule has 1 saturated carbocycles. The van der Waals surface area contributed by atoms with Crippen molar-refractivity contribution in [1.82, 2.24) is 19.9 Å². The molecular weight excluding hydrogens is 353 g/mol. The SMILES string of the molecule is Cc1nc(N[C@H]2C[C@H](Oc3ncc(F)cn3)C2)nc2c1NC(=O)[C@H](C)N2C. The fourth-order valence-electron chi connectivity index (χ4n) is 3.08. The van der Waals surface area contributed by atoms with Crippen LogP contribution in [0.25, 0.3) is 0 Å². The van der Waals surface area contributed by atoms with Crippen molar-refractivity contribution in [2.24, 2.45) is 0 Å². The predicted octanol–water partition coefficient (Wildman–Crippen LogP) is 1.51. The second-order valence-electron chi connectivity index (χ2n) is 6.84. The van der Waals surface area contributed by atoms with Gasteiger partial charge in [0.2, 0.25) is 11.9 Å². The first-order valence-corrected chi connectivity index (χ1v) is 8.74. The van der Waals surface area contributed by atoms with E-state index in [1.807, 2.05) is 25.8 Å². The summed E-state index contributed by atoms with van der Waals surface area (Å²) in [6.45, 7) is 3.67. The molecule has 27 heavy (non-hydrogen) atoms. The van der Waals surface area contributed by atoms with Gasteiger partial charge < -0.3 is 20.3 Å².